The highest BCUT2D eigenvalue weighted by Crippen LogP contribution is 2.29. The van der Waals surface area contributed by atoms with E-state index in [1.165, 1.54) is 0 Å². The number of rotatable bonds is 8. The first kappa shape index (κ1) is 20.0. The fraction of sp³-hybridized carbons (Fsp3) is 0.286. The zero-order chi connectivity index (χ0) is 18.9. The van der Waals surface area contributed by atoms with Crippen molar-refractivity contribution in [2.24, 2.45) is 0 Å². The zero-order valence-electron chi connectivity index (χ0n) is 15.4. The molecule has 4 nitrogen and oxygen atoms in total. The Morgan fingerprint density at radius 2 is 1.73 bits per heavy atom. The monoisotopic (exact) mass is 373 g/mol. The summed E-state index contributed by atoms with van der Waals surface area (Å²) in [5.74, 6) is 1.23. The third kappa shape index (κ3) is 5.35. The van der Waals surface area contributed by atoms with Crippen molar-refractivity contribution in [1.82, 2.24) is 4.90 Å². The van der Waals surface area contributed by atoms with E-state index >= 15 is 0 Å². The van der Waals surface area contributed by atoms with Gasteiger partial charge >= 0.3 is 0 Å². The van der Waals surface area contributed by atoms with Crippen LogP contribution in [0.4, 0.5) is 0 Å². The SMILES string of the molecule is COCCN(C(=O)CCl)C(=C(C)C)c1cccc(Oc2ccccc2)c1. The van der Waals surface area contributed by atoms with Gasteiger partial charge in [0.25, 0.3) is 0 Å². The lowest BCUT2D eigenvalue weighted by atomic mass is 10.1. The number of alkyl halides is 1. The Morgan fingerprint density at radius 3 is 2.35 bits per heavy atom. The van der Waals surface area contributed by atoms with Crippen LogP contribution in [0.15, 0.2) is 60.2 Å². The summed E-state index contributed by atoms with van der Waals surface area (Å²) in [6.07, 6.45) is 0. The number of carbonyl (C=O) groups is 1. The van der Waals surface area contributed by atoms with E-state index in [2.05, 4.69) is 0 Å². The Kier molecular flexibility index (Phi) is 7.70. The van der Waals surface area contributed by atoms with Crippen molar-refractivity contribution in [3.8, 4) is 11.5 Å². The molecule has 0 bridgehead atoms. The molecule has 0 fully saturated rings. The first-order chi connectivity index (χ1) is 12.6. The van der Waals surface area contributed by atoms with E-state index < -0.39 is 0 Å². The molecule has 2 aromatic rings. The van der Waals surface area contributed by atoms with Crippen molar-refractivity contribution in [3.05, 3.63) is 65.7 Å². The van der Waals surface area contributed by atoms with Gasteiger partial charge in [-0.3, -0.25) is 4.79 Å². The Morgan fingerprint density at radius 1 is 1.04 bits per heavy atom. The van der Waals surface area contributed by atoms with Gasteiger partial charge in [0.2, 0.25) is 5.91 Å². The van der Waals surface area contributed by atoms with Gasteiger partial charge in [-0.2, -0.15) is 0 Å². The van der Waals surface area contributed by atoms with E-state index in [0.717, 1.165) is 22.6 Å². The summed E-state index contributed by atoms with van der Waals surface area (Å²) in [4.78, 5) is 14.1. The Hall–Kier alpha value is -2.30. The van der Waals surface area contributed by atoms with Crippen LogP contribution >= 0.6 is 11.6 Å². The maximum Gasteiger partial charge on any atom is 0.242 e. The number of hydrogen-bond acceptors (Lipinski definition) is 3. The maximum absolute atomic E-state index is 12.4. The summed E-state index contributed by atoms with van der Waals surface area (Å²) in [7, 11) is 1.61. The molecular formula is C21H24ClNO3. The van der Waals surface area contributed by atoms with Gasteiger partial charge in [-0.05, 0) is 38.1 Å². The van der Waals surface area contributed by atoms with Crippen molar-refractivity contribution >= 4 is 23.2 Å². The lowest BCUT2D eigenvalue weighted by Crippen LogP contribution is -2.34. The molecule has 0 aliphatic heterocycles. The predicted octanol–water partition coefficient (Wildman–Crippen LogP) is 4.94. The van der Waals surface area contributed by atoms with Crippen LogP contribution in [-0.2, 0) is 9.53 Å². The van der Waals surface area contributed by atoms with Gasteiger partial charge in [-0.25, -0.2) is 0 Å². The minimum atomic E-state index is -0.158. The summed E-state index contributed by atoms with van der Waals surface area (Å²) < 4.78 is 11.1. The van der Waals surface area contributed by atoms with Crippen LogP contribution in [-0.4, -0.2) is 36.9 Å². The quantitative estimate of drug-likeness (QED) is 0.615. The summed E-state index contributed by atoms with van der Waals surface area (Å²) in [5, 5.41) is 0. The number of amides is 1. The topological polar surface area (TPSA) is 38.8 Å². The molecule has 2 aromatic carbocycles. The highest BCUT2D eigenvalue weighted by atomic mass is 35.5. The van der Waals surface area contributed by atoms with Crippen LogP contribution < -0.4 is 4.74 Å². The highest BCUT2D eigenvalue weighted by molar-refractivity contribution is 6.27. The molecule has 0 aliphatic rings. The lowest BCUT2D eigenvalue weighted by molar-refractivity contribution is -0.125. The van der Waals surface area contributed by atoms with Gasteiger partial charge in [0.15, 0.2) is 0 Å². The molecule has 138 valence electrons. The van der Waals surface area contributed by atoms with Crippen molar-refractivity contribution in [2.45, 2.75) is 13.8 Å². The molecule has 0 heterocycles. The number of allylic oxidation sites excluding steroid dienone is 1. The van der Waals surface area contributed by atoms with Crippen LogP contribution in [0, 0.1) is 0 Å². The second-order valence-corrected chi connectivity index (χ2v) is 6.23. The van der Waals surface area contributed by atoms with Crippen LogP contribution in [0.25, 0.3) is 5.70 Å². The third-order valence-corrected chi connectivity index (χ3v) is 3.99. The van der Waals surface area contributed by atoms with Gasteiger partial charge < -0.3 is 14.4 Å². The fourth-order valence-electron chi connectivity index (χ4n) is 2.66. The van der Waals surface area contributed by atoms with E-state index in [1.54, 1.807) is 12.0 Å². The van der Waals surface area contributed by atoms with E-state index in [1.807, 2.05) is 68.4 Å². The first-order valence-electron chi connectivity index (χ1n) is 8.43. The molecule has 2 rings (SSSR count). The van der Waals surface area contributed by atoms with E-state index in [0.29, 0.717) is 18.9 Å². The number of nitrogens with zero attached hydrogens (tertiary/aromatic N) is 1. The number of hydrogen-bond donors (Lipinski definition) is 0. The first-order valence-corrected chi connectivity index (χ1v) is 8.96. The molecular weight excluding hydrogens is 350 g/mol. The molecule has 26 heavy (non-hydrogen) atoms. The zero-order valence-corrected chi connectivity index (χ0v) is 16.1. The Balaban J connectivity index is 2.36. The van der Waals surface area contributed by atoms with Gasteiger partial charge in [0.1, 0.15) is 17.4 Å². The molecule has 5 heteroatoms. The fourth-order valence-corrected chi connectivity index (χ4v) is 2.81. The molecule has 0 unspecified atom stereocenters. The minimum Gasteiger partial charge on any atom is -0.457 e. The molecule has 0 radical (unpaired) electrons. The van der Waals surface area contributed by atoms with Crippen LogP contribution in [0.2, 0.25) is 0 Å². The minimum absolute atomic E-state index is 0.0826. The molecule has 0 saturated carbocycles. The highest BCUT2D eigenvalue weighted by Gasteiger charge is 2.20. The average molecular weight is 374 g/mol. The van der Waals surface area contributed by atoms with Crippen LogP contribution in [0.5, 0.6) is 11.5 Å². The van der Waals surface area contributed by atoms with E-state index in [9.17, 15) is 4.79 Å². The molecule has 0 saturated heterocycles. The van der Waals surface area contributed by atoms with E-state index in [4.69, 9.17) is 21.1 Å². The standard InChI is InChI=1S/C21H24ClNO3/c1-16(2)21(23(12-13-25-3)20(24)15-22)17-8-7-11-19(14-17)26-18-9-5-4-6-10-18/h4-11,14H,12-13,15H2,1-3H3. The van der Waals surface area contributed by atoms with Gasteiger partial charge in [-0.15, -0.1) is 11.6 Å². The van der Waals surface area contributed by atoms with Gasteiger partial charge in [0, 0.05) is 24.9 Å². The number of para-hydroxylation sites is 1. The van der Waals surface area contributed by atoms with Crippen molar-refractivity contribution in [1.29, 1.82) is 0 Å². The van der Waals surface area contributed by atoms with Crippen molar-refractivity contribution in [2.75, 3.05) is 26.1 Å². The summed E-state index contributed by atoms with van der Waals surface area (Å²) in [5.41, 5.74) is 2.73. The second kappa shape index (κ2) is 10.00. The number of carbonyl (C=O) groups excluding carboxylic acids is 1. The predicted molar refractivity (Wildman–Crippen MR) is 106 cm³/mol. The number of ether oxygens (including phenoxy) is 2. The van der Waals surface area contributed by atoms with Crippen molar-refractivity contribution in [3.63, 3.8) is 0 Å². The molecule has 1 amide bonds. The molecule has 0 N–H and O–H groups in total. The molecule has 0 atom stereocenters. The Bertz CT molecular complexity index is 755. The molecule has 0 aliphatic carbocycles. The van der Waals surface area contributed by atoms with Gasteiger partial charge in [-0.1, -0.05) is 35.9 Å². The largest absolute Gasteiger partial charge is 0.457 e. The Labute approximate surface area is 160 Å². The van der Waals surface area contributed by atoms with E-state index in [-0.39, 0.29) is 11.8 Å². The molecule has 0 aromatic heterocycles. The number of benzene rings is 2. The smallest absolute Gasteiger partial charge is 0.242 e. The average Bonchev–Trinajstić information content (AvgIpc) is 2.65. The number of methoxy groups -OCH3 is 1. The second-order valence-electron chi connectivity index (χ2n) is 5.96. The summed E-state index contributed by atoms with van der Waals surface area (Å²) in [6.45, 7) is 4.81. The lowest BCUT2D eigenvalue weighted by Gasteiger charge is -2.26. The van der Waals surface area contributed by atoms with Crippen molar-refractivity contribution < 1.29 is 14.3 Å². The third-order valence-electron chi connectivity index (χ3n) is 3.76. The maximum atomic E-state index is 12.4. The molecule has 0 spiro atoms. The normalized spacial score (nSPS) is 10.3. The number of halogens is 1. The van der Waals surface area contributed by atoms with Crippen LogP contribution in [0.3, 0.4) is 0 Å². The summed E-state index contributed by atoms with van der Waals surface area (Å²) in [6, 6.07) is 17.3. The summed E-state index contributed by atoms with van der Waals surface area (Å²) >= 11 is 5.82. The van der Waals surface area contributed by atoms with Gasteiger partial charge in [0.05, 0.1) is 6.61 Å². The van der Waals surface area contributed by atoms with Crippen LogP contribution in [0.1, 0.15) is 19.4 Å².